The standard InChI is InChI=1S/C18H27N5O.HI/c1-15(23(3)14-16-7-5-4-6-8-16)9-11-20-18(19-2)21-13-17-10-12-24-22-17;/h4-8,10,12,15H,9,11,13-14H2,1-3H3,(H2,19,20,21);1H. The predicted octanol–water partition coefficient (Wildman–Crippen LogP) is 2.87. The average Bonchev–Trinajstić information content (AvgIpc) is 3.12. The van der Waals surface area contributed by atoms with E-state index in [1.165, 1.54) is 5.56 Å². The number of hydrogen-bond donors (Lipinski definition) is 2. The lowest BCUT2D eigenvalue weighted by Gasteiger charge is -2.25. The van der Waals surface area contributed by atoms with Crippen molar-refractivity contribution in [1.82, 2.24) is 20.7 Å². The Bertz CT molecular complexity index is 603. The highest BCUT2D eigenvalue weighted by Crippen LogP contribution is 2.07. The fourth-order valence-corrected chi connectivity index (χ4v) is 2.37. The van der Waals surface area contributed by atoms with Gasteiger partial charge >= 0.3 is 0 Å². The molecule has 1 unspecified atom stereocenters. The SMILES string of the molecule is CN=C(NCCC(C)N(C)Cc1ccccc1)NCc1ccon1.I. The molecular formula is C18H28IN5O. The number of hydrogen-bond acceptors (Lipinski definition) is 4. The minimum Gasteiger partial charge on any atom is -0.364 e. The van der Waals surface area contributed by atoms with Gasteiger partial charge in [-0.15, -0.1) is 24.0 Å². The summed E-state index contributed by atoms with van der Waals surface area (Å²) in [5, 5.41) is 10.4. The summed E-state index contributed by atoms with van der Waals surface area (Å²) in [6, 6.07) is 12.9. The summed E-state index contributed by atoms with van der Waals surface area (Å²) in [6.45, 7) is 4.66. The monoisotopic (exact) mass is 457 g/mol. The second-order valence-electron chi connectivity index (χ2n) is 5.88. The summed E-state index contributed by atoms with van der Waals surface area (Å²) < 4.78 is 4.81. The van der Waals surface area contributed by atoms with Gasteiger partial charge in [0.15, 0.2) is 5.96 Å². The van der Waals surface area contributed by atoms with Crippen LogP contribution in [0.2, 0.25) is 0 Å². The number of benzene rings is 1. The van der Waals surface area contributed by atoms with E-state index >= 15 is 0 Å². The Kier molecular flexibility index (Phi) is 10.2. The zero-order chi connectivity index (χ0) is 17.2. The molecule has 0 bridgehead atoms. The second kappa shape index (κ2) is 11.9. The fraction of sp³-hybridized carbons (Fsp3) is 0.444. The van der Waals surface area contributed by atoms with Crippen LogP contribution < -0.4 is 10.6 Å². The number of nitrogens with one attached hydrogen (secondary N) is 2. The quantitative estimate of drug-likeness (QED) is 0.363. The zero-order valence-corrected chi connectivity index (χ0v) is 17.4. The maximum atomic E-state index is 4.81. The summed E-state index contributed by atoms with van der Waals surface area (Å²) in [6.07, 6.45) is 2.60. The molecule has 2 N–H and O–H groups in total. The minimum absolute atomic E-state index is 0. The van der Waals surface area contributed by atoms with Crippen LogP contribution in [0.25, 0.3) is 0 Å². The average molecular weight is 457 g/mol. The molecule has 25 heavy (non-hydrogen) atoms. The highest BCUT2D eigenvalue weighted by molar-refractivity contribution is 14.0. The summed E-state index contributed by atoms with van der Waals surface area (Å²) in [7, 11) is 3.93. The third kappa shape index (κ3) is 7.87. The topological polar surface area (TPSA) is 65.7 Å². The van der Waals surface area contributed by atoms with Crippen LogP contribution in [0.1, 0.15) is 24.6 Å². The number of rotatable bonds is 8. The van der Waals surface area contributed by atoms with Gasteiger partial charge < -0.3 is 15.2 Å². The Morgan fingerprint density at radius 2 is 2.00 bits per heavy atom. The molecule has 2 rings (SSSR count). The Labute approximate surface area is 167 Å². The molecule has 1 aromatic carbocycles. The van der Waals surface area contributed by atoms with E-state index in [4.69, 9.17) is 4.52 Å². The lowest BCUT2D eigenvalue weighted by atomic mass is 10.1. The predicted molar refractivity (Wildman–Crippen MR) is 112 cm³/mol. The molecule has 6 nitrogen and oxygen atoms in total. The van der Waals surface area contributed by atoms with Crippen LogP contribution in [0.3, 0.4) is 0 Å². The van der Waals surface area contributed by atoms with Gasteiger partial charge in [0.25, 0.3) is 0 Å². The molecule has 1 heterocycles. The molecule has 7 heteroatoms. The zero-order valence-electron chi connectivity index (χ0n) is 15.1. The third-order valence-corrected chi connectivity index (χ3v) is 4.03. The van der Waals surface area contributed by atoms with Crippen molar-refractivity contribution in [3.63, 3.8) is 0 Å². The lowest BCUT2D eigenvalue weighted by molar-refractivity contribution is 0.238. The maximum Gasteiger partial charge on any atom is 0.191 e. The number of guanidine groups is 1. The van der Waals surface area contributed by atoms with E-state index in [1.807, 2.05) is 6.07 Å². The summed E-state index contributed by atoms with van der Waals surface area (Å²) in [5.74, 6) is 0.774. The van der Waals surface area contributed by atoms with Gasteiger partial charge in [0.05, 0.1) is 6.54 Å². The molecule has 0 spiro atoms. The van der Waals surface area contributed by atoms with E-state index in [-0.39, 0.29) is 24.0 Å². The van der Waals surface area contributed by atoms with Crippen molar-refractivity contribution in [3.05, 3.63) is 53.9 Å². The summed E-state index contributed by atoms with van der Waals surface area (Å²) >= 11 is 0. The Hall–Kier alpha value is -1.61. The van der Waals surface area contributed by atoms with Crippen LogP contribution in [0, 0.1) is 0 Å². The molecule has 2 aromatic rings. The lowest BCUT2D eigenvalue weighted by Crippen LogP contribution is -2.39. The first-order chi connectivity index (χ1) is 11.7. The van der Waals surface area contributed by atoms with Crippen LogP contribution in [-0.4, -0.2) is 42.7 Å². The second-order valence-corrected chi connectivity index (χ2v) is 5.88. The fourth-order valence-electron chi connectivity index (χ4n) is 2.37. The van der Waals surface area contributed by atoms with Crippen LogP contribution in [0.5, 0.6) is 0 Å². The van der Waals surface area contributed by atoms with Crippen molar-refractivity contribution in [1.29, 1.82) is 0 Å². The maximum absolute atomic E-state index is 4.81. The van der Waals surface area contributed by atoms with E-state index in [2.05, 4.69) is 70.0 Å². The Morgan fingerprint density at radius 3 is 2.64 bits per heavy atom. The first-order valence-electron chi connectivity index (χ1n) is 8.27. The number of aliphatic imine (C=N–C) groups is 1. The molecule has 0 aliphatic heterocycles. The van der Waals surface area contributed by atoms with Gasteiger partial charge in [-0.2, -0.15) is 0 Å². The van der Waals surface area contributed by atoms with Crippen LogP contribution in [0.4, 0.5) is 0 Å². The van der Waals surface area contributed by atoms with E-state index in [9.17, 15) is 0 Å². The number of aromatic nitrogens is 1. The van der Waals surface area contributed by atoms with Crippen molar-refractivity contribution in [2.24, 2.45) is 4.99 Å². The van der Waals surface area contributed by atoms with Crippen LogP contribution in [0.15, 0.2) is 52.2 Å². The van der Waals surface area contributed by atoms with Gasteiger partial charge in [0, 0.05) is 32.2 Å². The van der Waals surface area contributed by atoms with E-state index in [0.29, 0.717) is 12.6 Å². The Balaban J connectivity index is 0.00000312. The molecule has 0 saturated heterocycles. The molecule has 0 aliphatic rings. The summed E-state index contributed by atoms with van der Waals surface area (Å²) in [5.41, 5.74) is 2.19. The van der Waals surface area contributed by atoms with Gasteiger partial charge in [0.2, 0.25) is 0 Å². The van der Waals surface area contributed by atoms with E-state index < -0.39 is 0 Å². The van der Waals surface area contributed by atoms with Crippen LogP contribution >= 0.6 is 24.0 Å². The largest absolute Gasteiger partial charge is 0.364 e. The third-order valence-electron chi connectivity index (χ3n) is 4.03. The van der Waals surface area contributed by atoms with Crippen molar-refractivity contribution in [3.8, 4) is 0 Å². The molecule has 0 aliphatic carbocycles. The van der Waals surface area contributed by atoms with E-state index in [1.54, 1.807) is 13.3 Å². The van der Waals surface area contributed by atoms with Crippen molar-refractivity contribution < 1.29 is 4.52 Å². The molecule has 1 atom stereocenters. The number of halogens is 1. The molecular weight excluding hydrogens is 429 g/mol. The minimum atomic E-state index is 0. The highest BCUT2D eigenvalue weighted by Gasteiger charge is 2.10. The van der Waals surface area contributed by atoms with Crippen molar-refractivity contribution in [2.75, 3.05) is 20.6 Å². The van der Waals surface area contributed by atoms with Crippen molar-refractivity contribution >= 4 is 29.9 Å². The van der Waals surface area contributed by atoms with Gasteiger partial charge in [-0.05, 0) is 26.0 Å². The van der Waals surface area contributed by atoms with Gasteiger partial charge in [-0.25, -0.2) is 0 Å². The first kappa shape index (κ1) is 21.4. The van der Waals surface area contributed by atoms with Gasteiger partial charge in [0.1, 0.15) is 12.0 Å². The molecule has 0 amide bonds. The molecule has 0 fully saturated rings. The highest BCUT2D eigenvalue weighted by atomic mass is 127. The van der Waals surface area contributed by atoms with Crippen molar-refractivity contribution in [2.45, 2.75) is 32.5 Å². The first-order valence-corrected chi connectivity index (χ1v) is 8.27. The van der Waals surface area contributed by atoms with Gasteiger partial charge in [-0.3, -0.25) is 9.89 Å². The summed E-state index contributed by atoms with van der Waals surface area (Å²) in [4.78, 5) is 6.58. The smallest absolute Gasteiger partial charge is 0.191 e. The molecule has 1 aromatic heterocycles. The van der Waals surface area contributed by atoms with E-state index in [0.717, 1.165) is 31.2 Å². The molecule has 0 saturated carbocycles. The van der Waals surface area contributed by atoms with Crippen LogP contribution in [-0.2, 0) is 13.1 Å². The van der Waals surface area contributed by atoms with Gasteiger partial charge in [-0.1, -0.05) is 35.5 Å². The number of nitrogens with zero attached hydrogens (tertiary/aromatic N) is 3. The molecule has 138 valence electrons. The normalized spacial score (nSPS) is 12.6. The molecule has 0 radical (unpaired) electrons. The Morgan fingerprint density at radius 1 is 1.24 bits per heavy atom.